The van der Waals surface area contributed by atoms with Crippen LogP contribution in [0, 0.1) is 5.92 Å². The van der Waals surface area contributed by atoms with Crippen molar-refractivity contribution < 1.29 is 9.59 Å². The summed E-state index contributed by atoms with van der Waals surface area (Å²) in [5.41, 5.74) is 4.07. The standard InChI is InChI=1S/C22H27ClN6O2/c1-3-15-11-17-18(27-21(15)30)10-14(12-25-17)13-28-6-8-29(9-7-28)19-5-4-16(22(31)24-2)26-20(19)23/h4-5,10,12,15H,3,6-9,11,13H2,1-2H3,(H,24,31)(H,27,30). The summed E-state index contributed by atoms with van der Waals surface area (Å²) in [6, 6.07) is 5.61. The Labute approximate surface area is 187 Å². The number of piperazine rings is 1. The normalized spacial score (nSPS) is 19.0. The Morgan fingerprint density at radius 3 is 2.74 bits per heavy atom. The average molecular weight is 443 g/mol. The van der Waals surface area contributed by atoms with Crippen LogP contribution in [-0.2, 0) is 17.8 Å². The van der Waals surface area contributed by atoms with Crippen molar-refractivity contribution in [1.82, 2.24) is 20.2 Å². The van der Waals surface area contributed by atoms with E-state index in [1.807, 2.05) is 19.2 Å². The number of anilines is 2. The van der Waals surface area contributed by atoms with Crippen LogP contribution in [0.5, 0.6) is 0 Å². The molecular formula is C22H27ClN6O2. The molecule has 0 radical (unpaired) electrons. The molecule has 2 aromatic rings. The zero-order valence-corrected chi connectivity index (χ0v) is 18.6. The summed E-state index contributed by atoms with van der Waals surface area (Å²) < 4.78 is 0. The summed E-state index contributed by atoms with van der Waals surface area (Å²) in [6.07, 6.45) is 3.46. The van der Waals surface area contributed by atoms with Crippen molar-refractivity contribution in [1.29, 1.82) is 0 Å². The highest BCUT2D eigenvalue weighted by atomic mass is 35.5. The zero-order chi connectivity index (χ0) is 22.0. The Bertz CT molecular complexity index is 990. The molecule has 2 amide bonds. The van der Waals surface area contributed by atoms with Crippen LogP contribution in [0.2, 0.25) is 5.15 Å². The van der Waals surface area contributed by atoms with Gasteiger partial charge < -0.3 is 15.5 Å². The molecule has 0 aromatic carbocycles. The third-order valence-electron chi connectivity index (χ3n) is 6.00. The van der Waals surface area contributed by atoms with E-state index in [4.69, 9.17) is 11.6 Å². The summed E-state index contributed by atoms with van der Waals surface area (Å²) in [6.45, 7) is 6.18. The summed E-state index contributed by atoms with van der Waals surface area (Å²) in [4.78, 5) is 37.3. The molecule has 2 aromatic heterocycles. The number of rotatable bonds is 5. The van der Waals surface area contributed by atoms with Crippen molar-refractivity contribution in [3.8, 4) is 0 Å². The lowest BCUT2D eigenvalue weighted by atomic mass is 9.94. The Kier molecular flexibility index (Phi) is 6.38. The Hall–Kier alpha value is -2.71. The van der Waals surface area contributed by atoms with Crippen molar-refractivity contribution >= 4 is 34.8 Å². The van der Waals surface area contributed by atoms with Gasteiger partial charge in [0.1, 0.15) is 5.69 Å². The monoisotopic (exact) mass is 442 g/mol. The van der Waals surface area contributed by atoms with Crippen LogP contribution in [0.3, 0.4) is 0 Å². The van der Waals surface area contributed by atoms with E-state index in [2.05, 4.69) is 36.5 Å². The van der Waals surface area contributed by atoms with E-state index in [-0.39, 0.29) is 17.7 Å². The number of pyridine rings is 2. The van der Waals surface area contributed by atoms with Gasteiger partial charge in [0.05, 0.1) is 17.1 Å². The molecule has 4 heterocycles. The van der Waals surface area contributed by atoms with Crippen LogP contribution in [0.4, 0.5) is 11.4 Å². The molecule has 2 N–H and O–H groups in total. The highest BCUT2D eigenvalue weighted by molar-refractivity contribution is 6.32. The lowest BCUT2D eigenvalue weighted by Gasteiger charge is -2.36. The van der Waals surface area contributed by atoms with Crippen LogP contribution in [0.1, 0.15) is 35.1 Å². The molecule has 2 aliphatic rings. The van der Waals surface area contributed by atoms with Gasteiger partial charge in [0.2, 0.25) is 5.91 Å². The molecule has 1 fully saturated rings. The fraction of sp³-hybridized carbons (Fsp3) is 0.455. The minimum absolute atomic E-state index is 0.0191. The van der Waals surface area contributed by atoms with Gasteiger partial charge in [-0.1, -0.05) is 18.5 Å². The van der Waals surface area contributed by atoms with Gasteiger partial charge in [-0.15, -0.1) is 0 Å². The Morgan fingerprint density at radius 2 is 2.06 bits per heavy atom. The largest absolute Gasteiger partial charge is 0.366 e. The van der Waals surface area contributed by atoms with Gasteiger partial charge in [0, 0.05) is 58.3 Å². The van der Waals surface area contributed by atoms with E-state index < -0.39 is 0 Å². The number of nitrogens with zero attached hydrogens (tertiary/aromatic N) is 4. The summed E-state index contributed by atoms with van der Waals surface area (Å²) in [5, 5.41) is 5.91. The number of carbonyl (C=O) groups is 2. The summed E-state index contributed by atoms with van der Waals surface area (Å²) >= 11 is 6.34. The number of carbonyl (C=O) groups excluding carboxylic acids is 2. The van der Waals surface area contributed by atoms with E-state index in [1.54, 1.807) is 13.1 Å². The third kappa shape index (κ3) is 4.65. The van der Waals surface area contributed by atoms with Gasteiger partial charge in [-0.05, 0) is 30.2 Å². The van der Waals surface area contributed by atoms with Crippen LogP contribution < -0.4 is 15.5 Å². The zero-order valence-electron chi connectivity index (χ0n) is 17.8. The molecule has 8 nitrogen and oxygen atoms in total. The number of aromatic nitrogens is 2. The maximum absolute atomic E-state index is 12.2. The first-order chi connectivity index (χ1) is 15.0. The van der Waals surface area contributed by atoms with Crippen LogP contribution >= 0.6 is 11.6 Å². The first kappa shape index (κ1) is 21.5. The highest BCUT2D eigenvalue weighted by Crippen LogP contribution is 2.28. The molecule has 164 valence electrons. The van der Waals surface area contributed by atoms with Crippen molar-refractivity contribution in [3.63, 3.8) is 0 Å². The molecule has 0 aliphatic carbocycles. The minimum Gasteiger partial charge on any atom is -0.366 e. The van der Waals surface area contributed by atoms with Gasteiger partial charge >= 0.3 is 0 Å². The molecule has 2 aliphatic heterocycles. The quantitative estimate of drug-likeness (QED) is 0.691. The number of halogens is 1. The van der Waals surface area contributed by atoms with Crippen molar-refractivity contribution in [2.24, 2.45) is 5.92 Å². The number of nitrogens with one attached hydrogen (secondary N) is 2. The maximum Gasteiger partial charge on any atom is 0.269 e. The molecule has 1 unspecified atom stereocenters. The van der Waals surface area contributed by atoms with E-state index in [0.717, 1.165) is 61.8 Å². The summed E-state index contributed by atoms with van der Waals surface area (Å²) in [5.74, 6) is -0.139. The SMILES string of the molecule is CCC1Cc2ncc(CN3CCN(c4ccc(C(=O)NC)nc4Cl)CC3)cc2NC1=O. The first-order valence-electron chi connectivity index (χ1n) is 10.6. The molecule has 0 saturated carbocycles. The second-order valence-corrected chi connectivity index (χ2v) is 8.34. The number of hydrogen-bond donors (Lipinski definition) is 2. The summed E-state index contributed by atoms with van der Waals surface area (Å²) in [7, 11) is 1.57. The van der Waals surface area contributed by atoms with E-state index in [1.165, 1.54) is 0 Å². The fourth-order valence-electron chi connectivity index (χ4n) is 4.11. The Morgan fingerprint density at radius 1 is 1.29 bits per heavy atom. The van der Waals surface area contributed by atoms with Crippen LogP contribution in [0.15, 0.2) is 24.4 Å². The van der Waals surface area contributed by atoms with E-state index >= 15 is 0 Å². The van der Waals surface area contributed by atoms with E-state index in [9.17, 15) is 9.59 Å². The fourth-order valence-corrected chi connectivity index (χ4v) is 4.38. The van der Waals surface area contributed by atoms with Gasteiger partial charge in [0.25, 0.3) is 5.91 Å². The van der Waals surface area contributed by atoms with Crippen LogP contribution in [-0.4, -0.2) is 59.9 Å². The van der Waals surface area contributed by atoms with Crippen LogP contribution in [0.25, 0.3) is 0 Å². The number of hydrogen-bond acceptors (Lipinski definition) is 6. The Balaban J connectivity index is 1.36. The smallest absolute Gasteiger partial charge is 0.269 e. The predicted octanol–water partition coefficient (Wildman–Crippen LogP) is 2.33. The third-order valence-corrected chi connectivity index (χ3v) is 6.27. The molecule has 0 bridgehead atoms. The van der Waals surface area contributed by atoms with E-state index in [0.29, 0.717) is 17.3 Å². The first-order valence-corrected chi connectivity index (χ1v) is 11.0. The van der Waals surface area contributed by atoms with Gasteiger partial charge in [-0.3, -0.25) is 19.5 Å². The molecule has 0 spiro atoms. The molecular weight excluding hydrogens is 416 g/mol. The molecule has 4 rings (SSSR count). The average Bonchev–Trinajstić information content (AvgIpc) is 2.78. The molecule has 1 atom stereocenters. The predicted molar refractivity (Wildman–Crippen MR) is 120 cm³/mol. The van der Waals surface area contributed by atoms with Crippen molar-refractivity contribution in [2.75, 3.05) is 43.4 Å². The second-order valence-electron chi connectivity index (χ2n) is 7.99. The molecule has 1 saturated heterocycles. The van der Waals surface area contributed by atoms with Gasteiger partial charge in [0.15, 0.2) is 5.15 Å². The lowest BCUT2D eigenvalue weighted by molar-refractivity contribution is -0.120. The lowest BCUT2D eigenvalue weighted by Crippen LogP contribution is -2.46. The van der Waals surface area contributed by atoms with Gasteiger partial charge in [-0.2, -0.15) is 0 Å². The van der Waals surface area contributed by atoms with Crippen molar-refractivity contribution in [3.05, 3.63) is 46.5 Å². The molecule has 31 heavy (non-hydrogen) atoms. The number of fused-ring (bicyclic) bond motifs is 1. The minimum atomic E-state index is -0.252. The number of amides is 2. The topological polar surface area (TPSA) is 90.5 Å². The maximum atomic E-state index is 12.2. The second kappa shape index (κ2) is 9.20. The molecule has 9 heteroatoms. The van der Waals surface area contributed by atoms with Gasteiger partial charge in [-0.25, -0.2) is 4.98 Å². The van der Waals surface area contributed by atoms with Crippen molar-refractivity contribution in [2.45, 2.75) is 26.3 Å². The highest BCUT2D eigenvalue weighted by Gasteiger charge is 2.26.